The Bertz CT molecular complexity index is 512. The number of amides is 1. The smallest absolute Gasteiger partial charge is 0.258 e. The Kier molecular flexibility index (Phi) is 4.64. The van der Waals surface area contributed by atoms with Crippen LogP contribution in [-0.2, 0) is 14.3 Å². The molecule has 1 aromatic carbocycles. The van der Waals surface area contributed by atoms with Gasteiger partial charge in [-0.25, -0.2) is 0 Å². The second-order valence-electron chi connectivity index (χ2n) is 5.99. The fraction of sp³-hybridized carbons (Fsp3) is 0.588. The minimum absolute atomic E-state index is 0.0167. The molecule has 1 saturated carbocycles. The van der Waals surface area contributed by atoms with Crippen LogP contribution < -0.4 is 9.64 Å². The van der Waals surface area contributed by atoms with Crippen LogP contribution in [0.4, 0.5) is 5.69 Å². The highest BCUT2D eigenvalue weighted by Crippen LogP contribution is 2.39. The number of nitrogens with zero attached hydrogens (tertiary/aromatic N) is 1. The van der Waals surface area contributed by atoms with Gasteiger partial charge in [-0.05, 0) is 43.0 Å². The number of methoxy groups -OCH3 is 2. The Labute approximate surface area is 131 Å². The first kappa shape index (κ1) is 15.3. The number of ether oxygens (including phenoxy) is 3. The van der Waals surface area contributed by atoms with Crippen molar-refractivity contribution in [2.75, 3.05) is 25.9 Å². The molecular formula is C17H23NO4. The van der Waals surface area contributed by atoms with E-state index in [9.17, 15) is 4.79 Å². The Morgan fingerprint density at radius 2 is 1.86 bits per heavy atom. The molecule has 2 aliphatic rings. The minimum Gasteiger partial charge on any atom is -0.497 e. The van der Waals surface area contributed by atoms with Crippen molar-refractivity contribution in [3.8, 4) is 5.75 Å². The summed E-state index contributed by atoms with van der Waals surface area (Å²) in [5.41, 5.74) is 0.906. The maximum absolute atomic E-state index is 12.4. The van der Waals surface area contributed by atoms with Gasteiger partial charge < -0.3 is 19.1 Å². The van der Waals surface area contributed by atoms with Crippen LogP contribution in [0.2, 0.25) is 0 Å². The fourth-order valence-electron chi connectivity index (χ4n) is 3.00. The van der Waals surface area contributed by atoms with Crippen molar-refractivity contribution in [2.24, 2.45) is 5.92 Å². The monoisotopic (exact) mass is 305 g/mol. The molecule has 5 nitrogen and oxygen atoms in total. The molecule has 3 rings (SSSR count). The quantitative estimate of drug-likeness (QED) is 0.547. The Hall–Kier alpha value is -1.59. The van der Waals surface area contributed by atoms with E-state index >= 15 is 0 Å². The first-order chi connectivity index (χ1) is 10.7. The highest BCUT2D eigenvalue weighted by atomic mass is 16.7. The number of anilines is 1. The molecule has 2 atom stereocenters. The van der Waals surface area contributed by atoms with Crippen LogP contribution >= 0.6 is 0 Å². The molecule has 0 bridgehead atoms. The minimum atomic E-state index is -0.374. The van der Waals surface area contributed by atoms with Crippen molar-refractivity contribution in [3.63, 3.8) is 0 Å². The zero-order valence-corrected chi connectivity index (χ0v) is 13.2. The van der Waals surface area contributed by atoms with Crippen molar-refractivity contribution in [1.29, 1.82) is 0 Å². The topological polar surface area (TPSA) is 48.0 Å². The second kappa shape index (κ2) is 6.67. The highest BCUT2D eigenvalue weighted by molar-refractivity contribution is 6.04. The van der Waals surface area contributed by atoms with Crippen molar-refractivity contribution < 1.29 is 19.0 Å². The largest absolute Gasteiger partial charge is 0.497 e. The number of rotatable bonds is 8. The van der Waals surface area contributed by atoms with Gasteiger partial charge in [0, 0.05) is 12.8 Å². The summed E-state index contributed by atoms with van der Waals surface area (Å²) in [6, 6.07) is 7.71. The molecule has 0 N–H and O–H groups in total. The molecule has 0 aromatic heterocycles. The lowest BCUT2D eigenvalue weighted by Gasteiger charge is -2.46. The lowest BCUT2D eigenvalue weighted by Crippen LogP contribution is -2.66. The average Bonchev–Trinajstić information content (AvgIpc) is 3.36. The van der Waals surface area contributed by atoms with E-state index in [4.69, 9.17) is 14.2 Å². The average molecular weight is 305 g/mol. The fourth-order valence-corrected chi connectivity index (χ4v) is 3.00. The second-order valence-corrected chi connectivity index (χ2v) is 5.99. The van der Waals surface area contributed by atoms with Gasteiger partial charge in [0.1, 0.15) is 12.5 Å². The zero-order chi connectivity index (χ0) is 15.5. The van der Waals surface area contributed by atoms with Gasteiger partial charge in [0.15, 0.2) is 6.10 Å². The van der Waals surface area contributed by atoms with Gasteiger partial charge in [-0.2, -0.15) is 0 Å². The van der Waals surface area contributed by atoms with Gasteiger partial charge in [0.05, 0.1) is 13.2 Å². The SMILES string of the molecule is COCOC1C(=O)N(c2ccc(OC)cc2)C1CCC1CC1. The molecule has 2 fully saturated rings. The first-order valence-corrected chi connectivity index (χ1v) is 7.82. The van der Waals surface area contributed by atoms with Crippen LogP contribution in [0.25, 0.3) is 0 Å². The summed E-state index contributed by atoms with van der Waals surface area (Å²) >= 11 is 0. The van der Waals surface area contributed by atoms with Crippen molar-refractivity contribution in [1.82, 2.24) is 0 Å². The molecule has 1 amide bonds. The normalized spacial score (nSPS) is 24.3. The number of carbonyl (C=O) groups is 1. The highest BCUT2D eigenvalue weighted by Gasteiger charge is 2.49. The van der Waals surface area contributed by atoms with E-state index in [1.807, 2.05) is 29.2 Å². The third-order valence-electron chi connectivity index (χ3n) is 4.45. The van der Waals surface area contributed by atoms with Crippen LogP contribution in [-0.4, -0.2) is 39.1 Å². The maximum Gasteiger partial charge on any atom is 0.258 e. The van der Waals surface area contributed by atoms with Gasteiger partial charge in [0.2, 0.25) is 0 Å². The molecule has 1 heterocycles. The molecule has 2 unspecified atom stereocenters. The predicted octanol–water partition coefficient (Wildman–Crippen LogP) is 2.59. The van der Waals surface area contributed by atoms with Crippen molar-refractivity contribution in [3.05, 3.63) is 24.3 Å². The molecule has 1 aliphatic carbocycles. The number of β-lactam (4-membered cyclic amide) rings is 1. The van der Waals surface area contributed by atoms with E-state index in [1.54, 1.807) is 14.2 Å². The molecule has 0 radical (unpaired) electrons. The first-order valence-electron chi connectivity index (χ1n) is 7.82. The third-order valence-corrected chi connectivity index (χ3v) is 4.45. The van der Waals surface area contributed by atoms with Gasteiger partial charge in [-0.1, -0.05) is 12.8 Å². The third kappa shape index (κ3) is 3.10. The number of carbonyl (C=O) groups excluding carboxylic acids is 1. The maximum atomic E-state index is 12.4. The van der Waals surface area contributed by atoms with Crippen LogP contribution in [0.1, 0.15) is 25.7 Å². The molecule has 22 heavy (non-hydrogen) atoms. The standard InChI is InChI=1S/C17H23NO4/c1-20-11-22-16-15(10-5-12-3-4-12)18(17(16)19)13-6-8-14(21-2)9-7-13/h6-9,12,15-16H,3-5,10-11H2,1-2H3. The van der Waals surface area contributed by atoms with E-state index in [0.717, 1.165) is 30.2 Å². The van der Waals surface area contributed by atoms with Gasteiger partial charge in [-0.15, -0.1) is 0 Å². The molecule has 120 valence electrons. The van der Waals surface area contributed by atoms with E-state index in [1.165, 1.54) is 12.8 Å². The molecule has 1 saturated heterocycles. The van der Waals surface area contributed by atoms with Crippen LogP contribution in [0.15, 0.2) is 24.3 Å². The summed E-state index contributed by atoms with van der Waals surface area (Å²) in [5, 5.41) is 0. The molecule has 0 spiro atoms. The summed E-state index contributed by atoms with van der Waals surface area (Å²) < 4.78 is 15.7. The number of hydrogen-bond donors (Lipinski definition) is 0. The van der Waals surface area contributed by atoms with Crippen LogP contribution in [0.5, 0.6) is 5.75 Å². The van der Waals surface area contributed by atoms with E-state index < -0.39 is 0 Å². The molecule has 1 aromatic rings. The van der Waals surface area contributed by atoms with Gasteiger partial charge in [-0.3, -0.25) is 4.79 Å². The Morgan fingerprint density at radius 1 is 1.14 bits per heavy atom. The Morgan fingerprint density at radius 3 is 2.45 bits per heavy atom. The van der Waals surface area contributed by atoms with Gasteiger partial charge >= 0.3 is 0 Å². The van der Waals surface area contributed by atoms with Crippen LogP contribution in [0, 0.1) is 5.92 Å². The molecule has 5 heteroatoms. The predicted molar refractivity (Wildman–Crippen MR) is 83.0 cm³/mol. The van der Waals surface area contributed by atoms with Crippen molar-refractivity contribution >= 4 is 11.6 Å². The van der Waals surface area contributed by atoms with E-state index in [-0.39, 0.29) is 24.8 Å². The van der Waals surface area contributed by atoms with Crippen LogP contribution in [0.3, 0.4) is 0 Å². The summed E-state index contributed by atoms with van der Waals surface area (Å²) in [6.07, 6.45) is 4.43. The number of hydrogen-bond acceptors (Lipinski definition) is 4. The van der Waals surface area contributed by atoms with Gasteiger partial charge in [0.25, 0.3) is 5.91 Å². The number of benzene rings is 1. The molecular weight excluding hydrogens is 282 g/mol. The summed E-state index contributed by atoms with van der Waals surface area (Å²) in [4.78, 5) is 14.3. The Balaban J connectivity index is 1.70. The van der Waals surface area contributed by atoms with E-state index in [2.05, 4.69) is 0 Å². The lowest BCUT2D eigenvalue weighted by atomic mass is 9.91. The van der Waals surface area contributed by atoms with Crippen molar-refractivity contribution in [2.45, 2.75) is 37.8 Å². The summed E-state index contributed by atoms with van der Waals surface area (Å²) in [5.74, 6) is 1.65. The summed E-state index contributed by atoms with van der Waals surface area (Å²) in [7, 11) is 3.21. The van der Waals surface area contributed by atoms with E-state index in [0.29, 0.717) is 0 Å². The lowest BCUT2D eigenvalue weighted by molar-refractivity contribution is -0.154. The zero-order valence-electron chi connectivity index (χ0n) is 13.2. The molecule has 1 aliphatic heterocycles. The summed E-state index contributed by atoms with van der Waals surface area (Å²) in [6.45, 7) is 0.160.